The zero-order valence-corrected chi connectivity index (χ0v) is 12.3. The first kappa shape index (κ1) is 14.4. The normalized spacial score (nSPS) is 14.1. The van der Waals surface area contributed by atoms with E-state index in [1.807, 2.05) is 12.1 Å². The van der Waals surface area contributed by atoms with Crippen LogP contribution in [0, 0.1) is 0 Å². The summed E-state index contributed by atoms with van der Waals surface area (Å²) in [6.07, 6.45) is 4.18. The standard InChI is InChI=1S/C17H19N3O2/c21-15-6-2-1-5-14(15)17(22)19-12-13-7-8-18-16(11-13)20-9-3-4-10-20/h1-2,5-8,11,21H,3-4,9-10,12H2,(H,19,22). The molecule has 0 atom stereocenters. The fraction of sp³-hybridized carbons (Fsp3) is 0.294. The second-order valence-corrected chi connectivity index (χ2v) is 5.42. The van der Waals surface area contributed by atoms with E-state index in [0.29, 0.717) is 6.54 Å². The Morgan fingerprint density at radius 3 is 2.77 bits per heavy atom. The van der Waals surface area contributed by atoms with E-state index in [2.05, 4.69) is 15.2 Å². The predicted octanol–water partition coefficient (Wildman–Crippen LogP) is 2.32. The molecule has 1 aromatic carbocycles. The van der Waals surface area contributed by atoms with E-state index < -0.39 is 0 Å². The quantitative estimate of drug-likeness (QED) is 0.909. The Morgan fingerprint density at radius 1 is 1.23 bits per heavy atom. The van der Waals surface area contributed by atoms with Crippen LogP contribution in [0.25, 0.3) is 0 Å². The minimum atomic E-state index is -0.280. The Labute approximate surface area is 129 Å². The number of pyridine rings is 1. The van der Waals surface area contributed by atoms with Crippen molar-refractivity contribution >= 4 is 11.7 Å². The highest BCUT2D eigenvalue weighted by molar-refractivity contribution is 5.96. The van der Waals surface area contributed by atoms with Gasteiger partial charge in [0, 0.05) is 25.8 Å². The van der Waals surface area contributed by atoms with Crippen molar-refractivity contribution in [3.63, 3.8) is 0 Å². The number of phenols is 1. The van der Waals surface area contributed by atoms with Crippen LogP contribution >= 0.6 is 0 Å². The molecule has 1 aromatic heterocycles. The largest absolute Gasteiger partial charge is 0.507 e. The van der Waals surface area contributed by atoms with Gasteiger partial charge in [0.15, 0.2) is 0 Å². The molecule has 2 aromatic rings. The molecule has 0 unspecified atom stereocenters. The summed E-state index contributed by atoms with van der Waals surface area (Å²) in [6.45, 7) is 2.50. The van der Waals surface area contributed by atoms with E-state index in [1.54, 1.807) is 24.4 Å². The number of benzene rings is 1. The van der Waals surface area contributed by atoms with Gasteiger partial charge in [-0.25, -0.2) is 4.98 Å². The second-order valence-electron chi connectivity index (χ2n) is 5.42. The molecule has 2 heterocycles. The number of carbonyl (C=O) groups excluding carboxylic acids is 1. The van der Waals surface area contributed by atoms with Crippen molar-refractivity contribution in [2.75, 3.05) is 18.0 Å². The van der Waals surface area contributed by atoms with Gasteiger partial charge in [-0.2, -0.15) is 0 Å². The van der Waals surface area contributed by atoms with E-state index in [1.165, 1.54) is 18.9 Å². The highest BCUT2D eigenvalue weighted by Gasteiger charge is 2.14. The number of anilines is 1. The fourth-order valence-electron chi connectivity index (χ4n) is 2.63. The first-order chi connectivity index (χ1) is 10.7. The number of carbonyl (C=O) groups is 1. The molecule has 1 aliphatic rings. The lowest BCUT2D eigenvalue weighted by Gasteiger charge is -2.17. The molecule has 1 saturated heterocycles. The molecule has 0 aliphatic carbocycles. The summed E-state index contributed by atoms with van der Waals surface area (Å²) in [5.74, 6) is 0.678. The number of hydrogen-bond donors (Lipinski definition) is 2. The first-order valence-corrected chi connectivity index (χ1v) is 7.50. The Morgan fingerprint density at radius 2 is 2.00 bits per heavy atom. The van der Waals surface area contributed by atoms with Crippen molar-refractivity contribution in [3.05, 3.63) is 53.7 Å². The average molecular weight is 297 g/mol. The maximum Gasteiger partial charge on any atom is 0.255 e. The molecule has 1 fully saturated rings. The van der Waals surface area contributed by atoms with E-state index in [4.69, 9.17) is 0 Å². The molecule has 1 aliphatic heterocycles. The summed E-state index contributed by atoms with van der Waals surface area (Å²) in [7, 11) is 0. The van der Waals surface area contributed by atoms with E-state index in [9.17, 15) is 9.90 Å². The highest BCUT2D eigenvalue weighted by atomic mass is 16.3. The summed E-state index contributed by atoms with van der Waals surface area (Å²) in [6, 6.07) is 10.4. The van der Waals surface area contributed by atoms with Gasteiger partial charge < -0.3 is 15.3 Å². The molecule has 114 valence electrons. The number of nitrogens with zero attached hydrogens (tertiary/aromatic N) is 2. The maximum absolute atomic E-state index is 12.1. The van der Waals surface area contributed by atoms with Crippen LogP contribution in [0.4, 0.5) is 5.82 Å². The third-order valence-corrected chi connectivity index (χ3v) is 3.84. The van der Waals surface area contributed by atoms with Crippen molar-refractivity contribution < 1.29 is 9.90 Å². The number of rotatable bonds is 4. The lowest BCUT2D eigenvalue weighted by atomic mass is 10.2. The van der Waals surface area contributed by atoms with Gasteiger partial charge in [-0.05, 0) is 42.7 Å². The lowest BCUT2D eigenvalue weighted by molar-refractivity contribution is 0.0948. The van der Waals surface area contributed by atoms with Crippen LogP contribution in [0.2, 0.25) is 0 Å². The number of phenolic OH excluding ortho intramolecular Hbond substituents is 1. The minimum absolute atomic E-state index is 0.00696. The lowest BCUT2D eigenvalue weighted by Crippen LogP contribution is -2.23. The van der Waals surface area contributed by atoms with Gasteiger partial charge in [0.25, 0.3) is 5.91 Å². The molecule has 0 saturated carbocycles. The van der Waals surface area contributed by atoms with E-state index in [-0.39, 0.29) is 17.2 Å². The smallest absolute Gasteiger partial charge is 0.255 e. The van der Waals surface area contributed by atoms with Crippen molar-refractivity contribution in [2.24, 2.45) is 0 Å². The molecule has 2 N–H and O–H groups in total. The van der Waals surface area contributed by atoms with E-state index >= 15 is 0 Å². The van der Waals surface area contributed by atoms with Crippen molar-refractivity contribution in [3.8, 4) is 5.75 Å². The fourth-order valence-corrected chi connectivity index (χ4v) is 2.63. The van der Waals surface area contributed by atoms with Crippen LogP contribution in [0.3, 0.4) is 0 Å². The Kier molecular flexibility index (Phi) is 4.23. The maximum atomic E-state index is 12.1. The molecule has 0 radical (unpaired) electrons. The monoisotopic (exact) mass is 297 g/mol. The SMILES string of the molecule is O=C(NCc1ccnc(N2CCCC2)c1)c1ccccc1O. The topological polar surface area (TPSA) is 65.5 Å². The number of aromatic nitrogens is 1. The second kappa shape index (κ2) is 6.47. The van der Waals surface area contributed by atoms with Crippen LogP contribution in [0.1, 0.15) is 28.8 Å². The first-order valence-electron chi connectivity index (χ1n) is 7.50. The van der Waals surface area contributed by atoms with Gasteiger partial charge in [0.05, 0.1) is 5.56 Å². The third-order valence-electron chi connectivity index (χ3n) is 3.84. The van der Waals surface area contributed by atoms with Gasteiger partial charge in [-0.15, -0.1) is 0 Å². The zero-order valence-electron chi connectivity index (χ0n) is 12.3. The van der Waals surface area contributed by atoms with Gasteiger partial charge >= 0.3 is 0 Å². The summed E-state index contributed by atoms with van der Waals surface area (Å²) in [5, 5.41) is 12.5. The highest BCUT2D eigenvalue weighted by Crippen LogP contribution is 2.19. The summed E-state index contributed by atoms with van der Waals surface area (Å²) >= 11 is 0. The van der Waals surface area contributed by atoms with Crippen molar-refractivity contribution in [2.45, 2.75) is 19.4 Å². The van der Waals surface area contributed by atoms with Crippen LogP contribution in [-0.4, -0.2) is 29.1 Å². The van der Waals surface area contributed by atoms with Gasteiger partial charge in [-0.3, -0.25) is 4.79 Å². The van der Waals surface area contributed by atoms with Crippen molar-refractivity contribution in [1.82, 2.24) is 10.3 Å². The Hall–Kier alpha value is -2.56. The van der Waals surface area contributed by atoms with Crippen LogP contribution in [-0.2, 0) is 6.54 Å². The molecule has 3 rings (SSSR count). The van der Waals surface area contributed by atoms with Gasteiger partial charge in [0.1, 0.15) is 11.6 Å². The molecule has 1 amide bonds. The number of amides is 1. The summed E-state index contributed by atoms with van der Waals surface area (Å²) in [4.78, 5) is 18.7. The number of hydrogen-bond acceptors (Lipinski definition) is 4. The van der Waals surface area contributed by atoms with Crippen LogP contribution < -0.4 is 10.2 Å². The number of aromatic hydroxyl groups is 1. The van der Waals surface area contributed by atoms with Crippen LogP contribution in [0.5, 0.6) is 5.75 Å². The van der Waals surface area contributed by atoms with Crippen molar-refractivity contribution in [1.29, 1.82) is 0 Å². The van der Waals surface area contributed by atoms with Gasteiger partial charge in [0.2, 0.25) is 0 Å². The molecule has 5 nitrogen and oxygen atoms in total. The number of nitrogens with one attached hydrogen (secondary N) is 1. The Bertz CT molecular complexity index is 666. The Balaban J connectivity index is 1.65. The molecule has 0 spiro atoms. The molecule has 5 heteroatoms. The van der Waals surface area contributed by atoms with Gasteiger partial charge in [-0.1, -0.05) is 12.1 Å². The van der Waals surface area contributed by atoms with E-state index in [0.717, 1.165) is 24.5 Å². The predicted molar refractivity (Wildman–Crippen MR) is 85.0 cm³/mol. The average Bonchev–Trinajstić information content (AvgIpc) is 3.08. The molecule has 22 heavy (non-hydrogen) atoms. The van der Waals surface area contributed by atoms with Crippen LogP contribution in [0.15, 0.2) is 42.6 Å². The third kappa shape index (κ3) is 3.19. The minimum Gasteiger partial charge on any atom is -0.507 e. The molecule has 0 bridgehead atoms. The number of para-hydroxylation sites is 1. The zero-order chi connectivity index (χ0) is 15.4. The molecular formula is C17H19N3O2. The summed E-state index contributed by atoms with van der Waals surface area (Å²) in [5.41, 5.74) is 1.29. The molecular weight excluding hydrogens is 278 g/mol. The summed E-state index contributed by atoms with van der Waals surface area (Å²) < 4.78 is 0.